The van der Waals surface area contributed by atoms with Crippen molar-refractivity contribution in [1.82, 2.24) is 4.72 Å². The van der Waals surface area contributed by atoms with Gasteiger partial charge in [-0.15, -0.1) is 11.3 Å². The van der Waals surface area contributed by atoms with E-state index in [0.717, 1.165) is 11.1 Å². The SMILES string of the molecule is CC(NS(=O)(=O)c1cccs1)c1ccc(C#CCO)cc1. The van der Waals surface area contributed by atoms with Gasteiger partial charge in [-0.1, -0.05) is 30.0 Å². The summed E-state index contributed by atoms with van der Waals surface area (Å²) in [5.74, 6) is 5.36. The van der Waals surface area contributed by atoms with Gasteiger partial charge in [-0.3, -0.25) is 0 Å². The van der Waals surface area contributed by atoms with E-state index < -0.39 is 10.0 Å². The van der Waals surface area contributed by atoms with Gasteiger partial charge < -0.3 is 5.11 Å². The van der Waals surface area contributed by atoms with Crippen molar-refractivity contribution < 1.29 is 13.5 Å². The molecular weight excluding hydrogens is 306 g/mol. The first kappa shape index (κ1) is 15.7. The first-order valence-corrected chi connectivity index (χ1v) is 8.65. The lowest BCUT2D eigenvalue weighted by molar-refractivity contribution is 0.350. The highest BCUT2D eigenvalue weighted by Gasteiger charge is 2.18. The summed E-state index contributed by atoms with van der Waals surface area (Å²) in [6.07, 6.45) is 0. The molecule has 0 radical (unpaired) electrons. The number of thiophene rings is 1. The number of hydrogen-bond acceptors (Lipinski definition) is 4. The molecule has 1 aromatic heterocycles. The van der Waals surface area contributed by atoms with Gasteiger partial charge in [0.1, 0.15) is 10.8 Å². The van der Waals surface area contributed by atoms with Crippen LogP contribution < -0.4 is 4.72 Å². The summed E-state index contributed by atoms with van der Waals surface area (Å²) in [4.78, 5) is 0. The second-order valence-electron chi connectivity index (χ2n) is 4.36. The van der Waals surface area contributed by atoms with Crippen molar-refractivity contribution in [2.75, 3.05) is 6.61 Å². The van der Waals surface area contributed by atoms with Crippen molar-refractivity contribution in [3.05, 3.63) is 52.9 Å². The average Bonchev–Trinajstić information content (AvgIpc) is 3.00. The molecule has 0 aliphatic carbocycles. The lowest BCUT2D eigenvalue weighted by Gasteiger charge is -2.13. The zero-order chi connectivity index (χ0) is 15.3. The van der Waals surface area contributed by atoms with Gasteiger partial charge in [-0.2, -0.15) is 0 Å². The van der Waals surface area contributed by atoms with E-state index in [-0.39, 0.29) is 12.6 Å². The number of aliphatic hydroxyl groups excluding tert-OH is 1. The van der Waals surface area contributed by atoms with Crippen LogP contribution in [0.1, 0.15) is 24.1 Å². The van der Waals surface area contributed by atoms with Crippen molar-refractivity contribution in [3.8, 4) is 11.8 Å². The quantitative estimate of drug-likeness (QED) is 0.848. The maximum Gasteiger partial charge on any atom is 0.250 e. The van der Waals surface area contributed by atoms with Crippen molar-refractivity contribution in [3.63, 3.8) is 0 Å². The van der Waals surface area contributed by atoms with Crippen LogP contribution in [0.2, 0.25) is 0 Å². The maximum atomic E-state index is 12.1. The first-order chi connectivity index (χ1) is 10.0. The predicted octanol–water partition coefficient (Wildman–Crippen LogP) is 2.13. The van der Waals surface area contributed by atoms with Crippen LogP contribution in [0.25, 0.3) is 0 Å². The summed E-state index contributed by atoms with van der Waals surface area (Å²) >= 11 is 1.19. The summed E-state index contributed by atoms with van der Waals surface area (Å²) in [5, 5.41) is 10.4. The van der Waals surface area contributed by atoms with Gasteiger partial charge in [-0.25, -0.2) is 13.1 Å². The summed E-state index contributed by atoms with van der Waals surface area (Å²) in [5.41, 5.74) is 1.63. The zero-order valence-electron chi connectivity index (χ0n) is 11.4. The third kappa shape index (κ3) is 4.16. The Bertz CT molecular complexity index is 738. The zero-order valence-corrected chi connectivity index (χ0v) is 13.0. The fraction of sp³-hybridized carbons (Fsp3) is 0.200. The second kappa shape index (κ2) is 6.87. The Hall–Kier alpha value is -1.65. The Morgan fingerprint density at radius 2 is 2.00 bits per heavy atom. The van der Waals surface area contributed by atoms with Crippen LogP contribution in [0, 0.1) is 11.8 Å². The van der Waals surface area contributed by atoms with Gasteiger partial charge in [-0.05, 0) is 36.1 Å². The van der Waals surface area contributed by atoms with E-state index in [4.69, 9.17) is 5.11 Å². The van der Waals surface area contributed by atoms with E-state index in [2.05, 4.69) is 16.6 Å². The lowest BCUT2D eigenvalue weighted by atomic mass is 10.1. The minimum atomic E-state index is -3.48. The molecule has 1 heterocycles. The van der Waals surface area contributed by atoms with Crippen LogP contribution in [0.4, 0.5) is 0 Å². The molecule has 0 bridgehead atoms. The summed E-state index contributed by atoms with van der Waals surface area (Å²) in [6.45, 7) is 1.61. The minimum Gasteiger partial charge on any atom is -0.384 e. The van der Waals surface area contributed by atoms with E-state index in [0.29, 0.717) is 4.21 Å². The largest absolute Gasteiger partial charge is 0.384 e. The molecule has 21 heavy (non-hydrogen) atoms. The van der Waals surface area contributed by atoms with Crippen molar-refractivity contribution in [2.45, 2.75) is 17.2 Å². The Labute approximate surface area is 128 Å². The van der Waals surface area contributed by atoms with E-state index in [9.17, 15) is 8.42 Å². The van der Waals surface area contributed by atoms with Crippen LogP contribution in [-0.2, 0) is 10.0 Å². The van der Waals surface area contributed by atoms with Gasteiger partial charge in [0.15, 0.2) is 0 Å². The van der Waals surface area contributed by atoms with Gasteiger partial charge in [0.05, 0.1) is 0 Å². The molecule has 4 nitrogen and oxygen atoms in total. The number of aliphatic hydroxyl groups is 1. The second-order valence-corrected chi connectivity index (χ2v) is 7.25. The highest BCUT2D eigenvalue weighted by Crippen LogP contribution is 2.20. The molecule has 1 unspecified atom stereocenters. The molecule has 0 aliphatic rings. The molecule has 1 aromatic carbocycles. The normalized spacial score (nSPS) is 12.5. The van der Waals surface area contributed by atoms with Crippen LogP contribution >= 0.6 is 11.3 Å². The van der Waals surface area contributed by atoms with E-state index in [1.165, 1.54) is 11.3 Å². The molecule has 2 rings (SSSR count). The Balaban J connectivity index is 2.12. The van der Waals surface area contributed by atoms with Gasteiger partial charge >= 0.3 is 0 Å². The van der Waals surface area contributed by atoms with Crippen LogP contribution in [0.5, 0.6) is 0 Å². The number of nitrogens with one attached hydrogen (secondary N) is 1. The van der Waals surface area contributed by atoms with Crippen molar-refractivity contribution >= 4 is 21.4 Å². The molecule has 2 N–H and O–H groups in total. The first-order valence-electron chi connectivity index (χ1n) is 6.28. The predicted molar refractivity (Wildman–Crippen MR) is 83.5 cm³/mol. The molecule has 0 amide bonds. The topological polar surface area (TPSA) is 66.4 Å². The fourth-order valence-electron chi connectivity index (χ4n) is 1.77. The molecule has 110 valence electrons. The molecule has 0 fully saturated rings. The van der Waals surface area contributed by atoms with Crippen LogP contribution in [0.15, 0.2) is 46.0 Å². The standard InChI is InChI=1S/C15H15NO3S2/c1-12(16-21(18,19)15-5-3-11-20-15)14-8-6-13(7-9-14)4-2-10-17/h3,5-9,11-12,16-17H,10H2,1H3. The van der Waals surface area contributed by atoms with Gasteiger partial charge in [0.2, 0.25) is 0 Å². The summed E-state index contributed by atoms with van der Waals surface area (Å²) in [6, 6.07) is 10.2. The molecule has 0 saturated carbocycles. The molecule has 6 heteroatoms. The smallest absolute Gasteiger partial charge is 0.250 e. The van der Waals surface area contributed by atoms with E-state index in [1.54, 1.807) is 36.6 Å². The lowest BCUT2D eigenvalue weighted by Crippen LogP contribution is -2.26. The minimum absolute atomic E-state index is 0.182. The molecule has 0 aliphatic heterocycles. The summed E-state index contributed by atoms with van der Waals surface area (Å²) in [7, 11) is -3.48. The van der Waals surface area contributed by atoms with Gasteiger partial charge in [0, 0.05) is 11.6 Å². The Morgan fingerprint density at radius 1 is 1.29 bits per heavy atom. The molecule has 0 saturated heterocycles. The number of benzene rings is 1. The highest BCUT2D eigenvalue weighted by molar-refractivity contribution is 7.91. The fourth-order valence-corrected chi connectivity index (χ4v) is 4.01. The molecule has 0 spiro atoms. The van der Waals surface area contributed by atoms with Crippen molar-refractivity contribution in [2.24, 2.45) is 0 Å². The third-order valence-electron chi connectivity index (χ3n) is 2.81. The van der Waals surface area contributed by atoms with E-state index >= 15 is 0 Å². The Kier molecular flexibility index (Phi) is 5.15. The molecular formula is C15H15NO3S2. The monoisotopic (exact) mass is 321 g/mol. The molecule has 2 aromatic rings. The number of hydrogen-bond donors (Lipinski definition) is 2. The third-order valence-corrected chi connectivity index (χ3v) is 5.75. The van der Waals surface area contributed by atoms with E-state index in [1.807, 2.05) is 12.1 Å². The van der Waals surface area contributed by atoms with Crippen LogP contribution in [0.3, 0.4) is 0 Å². The maximum absolute atomic E-state index is 12.1. The van der Waals surface area contributed by atoms with Gasteiger partial charge in [0.25, 0.3) is 10.0 Å². The average molecular weight is 321 g/mol. The molecule has 1 atom stereocenters. The Morgan fingerprint density at radius 3 is 2.57 bits per heavy atom. The van der Waals surface area contributed by atoms with Crippen LogP contribution in [-0.4, -0.2) is 20.1 Å². The highest BCUT2D eigenvalue weighted by atomic mass is 32.2. The number of rotatable bonds is 4. The number of sulfonamides is 1. The summed E-state index contributed by atoms with van der Waals surface area (Å²) < 4.78 is 27.2. The van der Waals surface area contributed by atoms with Crippen molar-refractivity contribution in [1.29, 1.82) is 0 Å².